The summed E-state index contributed by atoms with van der Waals surface area (Å²) < 4.78 is 0. The summed E-state index contributed by atoms with van der Waals surface area (Å²) in [6.45, 7) is 6.36. The number of carbonyl (C=O) groups excluding carboxylic acids is 2. The first-order chi connectivity index (χ1) is 13.8. The Morgan fingerprint density at radius 2 is 1.83 bits per heavy atom. The molecule has 0 unspecified atom stereocenters. The Morgan fingerprint density at radius 1 is 1.10 bits per heavy atom. The highest BCUT2D eigenvalue weighted by Gasteiger charge is 2.22. The van der Waals surface area contributed by atoms with Gasteiger partial charge in [0.05, 0.1) is 5.56 Å². The number of anilines is 2. The summed E-state index contributed by atoms with van der Waals surface area (Å²) in [6.07, 6.45) is 0.947. The maximum Gasteiger partial charge on any atom is 0.321 e. The fourth-order valence-corrected chi connectivity index (χ4v) is 3.40. The number of hydrogen-bond donors (Lipinski definition) is 2. The molecule has 0 radical (unpaired) electrons. The average molecular weight is 395 g/mol. The highest BCUT2D eigenvalue weighted by atomic mass is 16.2. The topological polar surface area (TPSA) is 64.7 Å². The van der Waals surface area contributed by atoms with Crippen molar-refractivity contribution in [2.75, 3.05) is 37.4 Å². The SMILES string of the molecule is CC(C)CNC(=O)c1cc(NC(=O)N(C)C)ccc1N1CCc2ccccc2C1. The Morgan fingerprint density at radius 3 is 2.52 bits per heavy atom. The molecule has 0 saturated heterocycles. The minimum absolute atomic E-state index is 0.117. The van der Waals surface area contributed by atoms with Gasteiger partial charge in [0.1, 0.15) is 0 Å². The number of amides is 3. The monoisotopic (exact) mass is 394 g/mol. The molecule has 2 N–H and O–H groups in total. The van der Waals surface area contributed by atoms with E-state index in [0.29, 0.717) is 23.7 Å². The molecule has 1 aliphatic rings. The molecule has 0 aliphatic carbocycles. The number of benzene rings is 2. The van der Waals surface area contributed by atoms with Gasteiger partial charge in [0.15, 0.2) is 0 Å². The van der Waals surface area contributed by atoms with Crippen LogP contribution in [0, 0.1) is 5.92 Å². The van der Waals surface area contributed by atoms with Gasteiger partial charge in [-0.1, -0.05) is 38.1 Å². The van der Waals surface area contributed by atoms with Crippen molar-refractivity contribution in [3.8, 4) is 0 Å². The first-order valence-corrected chi connectivity index (χ1v) is 10.1. The first-order valence-electron chi connectivity index (χ1n) is 10.1. The second kappa shape index (κ2) is 8.99. The van der Waals surface area contributed by atoms with Crippen molar-refractivity contribution in [3.63, 3.8) is 0 Å². The minimum atomic E-state index is -0.224. The maximum absolute atomic E-state index is 13.0. The Balaban J connectivity index is 1.90. The summed E-state index contributed by atoms with van der Waals surface area (Å²) in [5.41, 5.74) is 4.74. The molecule has 3 rings (SSSR count). The zero-order valence-electron chi connectivity index (χ0n) is 17.7. The number of carbonyl (C=O) groups is 2. The van der Waals surface area contributed by atoms with Crippen molar-refractivity contribution in [1.82, 2.24) is 10.2 Å². The fourth-order valence-electron chi connectivity index (χ4n) is 3.40. The van der Waals surface area contributed by atoms with E-state index in [1.807, 2.05) is 12.1 Å². The van der Waals surface area contributed by atoms with Gasteiger partial charge in [0, 0.05) is 45.1 Å². The largest absolute Gasteiger partial charge is 0.366 e. The molecule has 29 heavy (non-hydrogen) atoms. The first kappa shape index (κ1) is 20.7. The van der Waals surface area contributed by atoms with E-state index in [9.17, 15) is 9.59 Å². The van der Waals surface area contributed by atoms with Crippen molar-refractivity contribution < 1.29 is 9.59 Å². The van der Waals surface area contributed by atoms with Gasteiger partial charge in [-0.05, 0) is 41.7 Å². The van der Waals surface area contributed by atoms with Gasteiger partial charge < -0.3 is 20.4 Å². The van der Waals surface area contributed by atoms with Gasteiger partial charge in [0.25, 0.3) is 5.91 Å². The van der Waals surface area contributed by atoms with Gasteiger partial charge in [-0.15, -0.1) is 0 Å². The quantitative estimate of drug-likeness (QED) is 0.812. The van der Waals surface area contributed by atoms with Crippen LogP contribution in [-0.4, -0.2) is 44.0 Å². The average Bonchev–Trinajstić information content (AvgIpc) is 2.71. The summed E-state index contributed by atoms with van der Waals surface area (Å²) in [5.74, 6) is 0.245. The Kier molecular flexibility index (Phi) is 6.42. The number of fused-ring (bicyclic) bond motifs is 1. The second-order valence-electron chi connectivity index (χ2n) is 8.10. The molecule has 6 nitrogen and oxygen atoms in total. The maximum atomic E-state index is 13.0. The third-order valence-corrected chi connectivity index (χ3v) is 5.04. The van der Waals surface area contributed by atoms with Gasteiger partial charge >= 0.3 is 6.03 Å². The predicted octanol–water partition coefficient (Wildman–Crippen LogP) is 3.73. The summed E-state index contributed by atoms with van der Waals surface area (Å²) in [7, 11) is 3.37. The summed E-state index contributed by atoms with van der Waals surface area (Å²) in [6, 6.07) is 13.8. The molecule has 1 aliphatic heterocycles. The van der Waals surface area contributed by atoms with Crippen molar-refractivity contribution in [3.05, 3.63) is 59.2 Å². The van der Waals surface area contributed by atoms with Crippen LogP contribution in [0.3, 0.4) is 0 Å². The van der Waals surface area contributed by atoms with E-state index in [1.165, 1.54) is 16.0 Å². The standard InChI is InChI=1S/C23H30N4O2/c1-16(2)14-24-22(28)20-13-19(25-23(29)26(3)4)9-10-21(20)27-12-11-17-7-5-6-8-18(17)15-27/h5-10,13,16H,11-12,14-15H2,1-4H3,(H,24,28)(H,25,29). The Hall–Kier alpha value is -3.02. The zero-order chi connectivity index (χ0) is 21.0. The zero-order valence-corrected chi connectivity index (χ0v) is 17.7. The molecule has 154 valence electrons. The van der Waals surface area contributed by atoms with Crippen LogP contribution in [-0.2, 0) is 13.0 Å². The molecular formula is C23H30N4O2. The Bertz CT molecular complexity index is 892. The molecule has 2 aromatic rings. The number of urea groups is 1. The lowest BCUT2D eigenvalue weighted by molar-refractivity contribution is 0.0949. The van der Waals surface area contributed by atoms with Crippen LogP contribution in [0.4, 0.5) is 16.2 Å². The minimum Gasteiger partial charge on any atom is -0.366 e. The highest BCUT2D eigenvalue weighted by Crippen LogP contribution is 2.29. The lowest BCUT2D eigenvalue weighted by atomic mass is 9.98. The van der Waals surface area contributed by atoms with Crippen molar-refractivity contribution >= 4 is 23.3 Å². The van der Waals surface area contributed by atoms with Gasteiger partial charge in [-0.25, -0.2) is 4.79 Å². The van der Waals surface area contributed by atoms with E-state index in [2.05, 4.69) is 53.6 Å². The van der Waals surface area contributed by atoms with Crippen LogP contribution in [0.25, 0.3) is 0 Å². The normalized spacial score (nSPS) is 13.1. The molecule has 6 heteroatoms. The summed E-state index contributed by atoms with van der Waals surface area (Å²) in [4.78, 5) is 28.7. The summed E-state index contributed by atoms with van der Waals surface area (Å²) in [5, 5.41) is 5.85. The molecule has 0 fully saturated rings. The van der Waals surface area contributed by atoms with E-state index < -0.39 is 0 Å². The lowest BCUT2D eigenvalue weighted by Gasteiger charge is -2.32. The van der Waals surface area contributed by atoms with Crippen LogP contribution in [0.5, 0.6) is 0 Å². The fraction of sp³-hybridized carbons (Fsp3) is 0.391. The number of nitrogens with zero attached hydrogens (tertiary/aromatic N) is 2. The summed E-state index contributed by atoms with van der Waals surface area (Å²) >= 11 is 0. The number of nitrogens with one attached hydrogen (secondary N) is 2. The van der Waals surface area contributed by atoms with Crippen molar-refractivity contribution in [1.29, 1.82) is 0 Å². The van der Waals surface area contributed by atoms with E-state index in [1.54, 1.807) is 20.2 Å². The van der Waals surface area contributed by atoms with Crippen LogP contribution in [0.15, 0.2) is 42.5 Å². The predicted molar refractivity (Wildman–Crippen MR) is 118 cm³/mol. The lowest BCUT2D eigenvalue weighted by Crippen LogP contribution is -2.34. The van der Waals surface area contributed by atoms with Crippen molar-refractivity contribution in [2.45, 2.75) is 26.8 Å². The third kappa shape index (κ3) is 5.08. The molecule has 0 atom stereocenters. The molecule has 0 bridgehead atoms. The second-order valence-corrected chi connectivity index (χ2v) is 8.10. The molecule has 0 saturated carbocycles. The molecule has 3 amide bonds. The van der Waals surface area contributed by atoms with E-state index in [4.69, 9.17) is 0 Å². The highest BCUT2D eigenvalue weighted by molar-refractivity contribution is 6.02. The molecular weight excluding hydrogens is 364 g/mol. The van der Waals surface area contributed by atoms with Crippen molar-refractivity contribution in [2.24, 2.45) is 5.92 Å². The van der Waals surface area contributed by atoms with Gasteiger partial charge in [-0.2, -0.15) is 0 Å². The van der Waals surface area contributed by atoms with Crippen LogP contribution >= 0.6 is 0 Å². The number of hydrogen-bond acceptors (Lipinski definition) is 3. The Labute approximate surface area is 172 Å². The smallest absolute Gasteiger partial charge is 0.321 e. The van der Waals surface area contributed by atoms with Crippen LogP contribution in [0.1, 0.15) is 35.3 Å². The molecule has 0 spiro atoms. The van der Waals surface area contributed by atoms with E-state index in [-0.39, 0.29) is 11.9 Å². The van der Waals surface area contributed by atoms with E-state index >= 15 is 0 Å². The molecule has 1 heterocycles. The van der Waals surface area contributed by atoms with Crippen LogP contribution in [0.2, 0.25) is 0 Å². The number of rotatable bonds is 5. The third-order valence-electron chi connectivity index (χ3n) is 5.04. The molecule has 2 aromatic carbocycles. The molecule has 0 aromatic heterocycles. The van der Waals surface area contributed by atoms with E-state index in [0.717, 1.165) is 25.2 Å². The van der Waals surface area contributed by atoms with Crippen LogP contribution < -0.4 is 15.5 Å². The van der Waals surface area contributed by atoms with Gasteiger partial charge in [-0.3, -0.25) is 4.79 Å². The van der Waals surface area contributed by atoms with Gasteiger partial charge in [0.2, 0.25) is 0 Å².